The van der Waals surface area contributed by atoms with Gasteiger partial charge in [0.25, 0.3) is 0 Å². The molecule has 1 N–H and O–H groups in total. The normalized spacial score (nSPS) is 9.96. The maximum atomic E-state index is 10.7. The van der Waals surface area contributed by atoms with Crippen LogP contribution in [-0.2, 0) is 0 Å². The molecule has 0 fully saturated rings. The molecule has 0 aliphatic rings. The number of benzene rings is 2. The third-order valence-electron chi connectivity index (χ3n) is 3.44. The molecule has 118 valence electrons. The van der Waals surface area contributed by atoms with Gasteiger partial charge in [-0.3, -0.25) is 0 Å². The van der Waals surface area contributed by atoms with Gasteiger partial charge in [0.1, 0.15) is 11.2 Å². The van der Waals surface area contributed by atoms with Crippen molar-refractivity contribution in [3.05, 3.63) is 72.2 Å². The first kappa shape index (κ1) is 17.1. The first-order chi connectivity index (χ1) is 10.7. The molecule has 4 rings (SSSR count). The van der Waals surface area contributed by atoms with Crippen LogP contribution < -0.4 is 0 Å². The minimum Gasteiger partial charge on any atom is -0.478 e. The lowest BCUT2D eigenvalue weighted by Gasteiger charge is -1.93. The summed E-state index contributed by atoms with van der Waals surface area (Å²) in [5.41, 5.74) is 3.13. The van der Waals surface area contributed by atoms with Crippen LogP contribution in [0.3, 0.4) is 0 Å². The molecule has 0 unspecified atom stereocenters. The molecule has 0 aliphatic heterocycles. The highest BCUT2D eigenvalue weighted by Gasteiger charge is 2.08. The smallest absolute Gasteiger partial charge is 0.336 e. The number of rotatable bonds is 1. The third-order valence-corrected chi connectivity index (χ3v) is 3.44. The minimum absolute atomic E-state index is 0. The lowest BCUT2D eigenvalue weighted by atomic mass is 10.1. The fraction of sp³-hybridized carbons (Fsp3) is 0.0556. The number of carbonyl (C=O) groups is 1. The molecule has 0 saturated carbocycles. The minimum atomic E-state index is -0.929. The Morgan fingerprint density at radius 2 is 1.43 bits per heavy atom. The van der Waals surface area contributed by atoms with Crippen molar-refractivity contribution in [1.29, 1.82) is 0 Å². The second-order valence-electron chi connectivity index (χ2n) is 4.85. The fourth-order valence-corrected chi connectivity index (χ4v) is 2.33. The predicted octanol–water partition coefficient (Wildman–Crippen LogP) is 5.49. The molecule has 0 saturated heterocycles. The van der Waals surface area contributed by atoms with Crippen LogP contribution in [0.4, 0.5) is 0 Å². The van der Waals surface area contributed by atoms with Crippen LogP contribution in [0, 0.1) is 6.92 Å². The lowest BCUT2D eigenvalue weighted by molar-refractivity contribution is 0.0699. The van der Waals surface area contributed by atoms with E-state index in [1.807, 2.05) is 18.2 Å². The summed E-state index contributed by atoms with van der Waals surface area (Å²) < 4.78 is 10.2. The van der Waals surface area contributed by atoms with E-state index in [9.17, 15) is 4.79 Å². The average Bonchev–Trinajstić information content (AvgIpc) is 3.16. The Balaban J connectivity index is 0.000000162. The topological polar surface area (TPSA) is 63.6 Å². The third kappa shape index (κ3) is 3.56. The Morgan fingerprint density at radius 1 is 0.870 bits per heavy atom. The number of hydrogen-bond donors (Lipinski definition) is 1. The summed E-state index contributed by atoms with van der Waals surface area (Å²) in [6.45, 7) is 2.08. The zero-order chi connectivity index (χ0) is 15.5. The van der Waals surface area contributed by atoms with E-state index in [-0.39, 0.29) is 29.5 Å². The first-order valence-electron chi connectivity index (χ1n) is 6.79. The molecule has 5 heteroatoms. The maximum Gasteiger partial charge on any atom is 0.336 e. The summed E-state index contributed by atoms with van der Waals surface area (Å²) in [6.07, 6.45) is 3.20. The standard InChI is InChI=1S/C9H6O3.C9H8O.HI/c10-9(11)7-2-1-3-8-6(7)4-5-12-8;1-7-3-2-4-9-8(7)5-6-10-9;/h1-5H,(H,10,11);2-6H,1H3;1H. The SMILES string of the molecule is Cc1cccc2occc12.I.O=C(O)c1cccc2occc12. The van der Waals surface area contributed by atoms with Crippen LogP contribution >= 0.6 is 24.0 Å². The second-order valence-corrected chi connectivity index (χ2v) is 4.85. The van der Waals surface area contributed by atoms with Gasteiger partial charge >= 0.3 is 5.97 Å². The Bertz CT molecular complexity index is 936. The molecule has 0 spiro atoms. The predicted molar refractivity (Wildman–Crippen MR) is 99.5 cm³/mol. The summed E-state index contributed by atoms with van der Waals surface area (Å²) in [4.78, 5) is 10.7. The number of halogens is 1. The van der Waals surface area contributed by atoms with Gasteiger partial charge in [-0.2, -0.15) is 0 Å². The number of carboxylic acid groups (broad SMARTS) is 1. The number of carboxylic acids is 1. The quantitative estimate of drug-likeness (QED) is 0.412. The van der Waals surface area contributed by atoms with Gasteiger partial charge in [-0.15, -0.1) is 24.0 Å². The molecule has 2 aromatic carbocycles. The van der Waals surface area contributed by atoms with E-state index < -0.39 is 5.97 Å². The zero-order valence-electron chi connectivity index (χ0n) is 12.4. The fourth-order valence-electron chi connectivity index (χ4n) is 2.33. The van der Waals surface area contributed by atoms with Crippen molar-refractivity contribution in [2.45, 2.75) is 6.92 Å². The molecule has 0 radical (unpaired) electrons. The van der Waals surface area contributed by atoms with Crippen molar-refractivity contribution < 1.29 is 18.7 Å². The van der Waals surface area contributed by atoms with Gasteiger partial charge < -0.3 is 13.9 Å². The van der Waals surface area contributed by atoms with Crippen molar-refractivity contribution in [1.82, 2.24) is 0 Å². The van der Waals surface area contributed by atoms with Crippen LogP contribution in [0.1, 0.15) is 15.9 Å². The van der Waals surface area contributed by atoms with E-state index in [4.69, 9.17) is 13.9 Å². The van der Waals surface area contributed by atoms with Gasteiger partial charge in [-0.25, -0.2) is 4.79 Å². The first-order valence-corrected chi connectivity index (χ1v) is 6.79. The number of hydrogen-bond acceptors (Lipinski definition) is 3. The molecule has 0 aliphatic carbocycles. The van der Waals surface area contributed by atoms with Crippen molar-refractivity contribution in [2.75, 3.05) is 0 Å². The van der Waals surface area contributed by atoms with Crippen LogP contribution in [0.25, 0.3) is 21.9 Å². The molecule has 4 nitrogen and oxygen atoms in total. The summed E-state index contributed by atoms with van der Waals surface area (Å²) in [7, 11) is 0. The largest absolute Gasteiger partial charge is 0.478 e. The van der Waals surface area contributed by atoms with Gasteiger partial charge in [0.2, 0.25) is 0 Å². The molecule has 23 heavy (non-hydrogen) atoms. The number of furan rings is 2. The summed E-state index contributed by atoms with van der Waals surface area (Å²) in [6, 6.07) is 14.7. The average molecular weight is 422 g/mol. The Kier molecular flexibility index (Phi) is 5.44. The lowest BCUT2D eigenvalue weighted by Crippen LogP contribution is -1.95. The van der Waals surface area contributed by atoms with E-state index in [0.29, 0.717) is 11.0 Å². The number of aromatic carboxylic acids is 1. The number of fused-ring (bicyclic) bond motifs is 2. The van der Waals surface area contributed by atoms with Crippen molar-refractivity contribution in [2.24, 2.45) is 0 Å². The van der Waals surface area contributed by atoms with E-state index in [1.165, 1.54) is 17.2 Å². The van der Waals surface area contributed by atoms with E-state index >= 15 is 0 Å². The van der Waals surface area contributed by atoms with Crippen molar-refractivity contribution in [3.8, 4) is 0 Å². The molecule has 4 aromatic rings. The molecule has 0 bridgehead atoms. The van der Waals surface area contributed by atoms with Gasteiger partial charge in [0, 0.05) is 10.8 Å². The van der Waals surface area contributed by atoms with Gasteiger partial charge in [0.15, 0.2) is 0 Å². The molecular formula is C18H15IO4. The van der Waals surface area contributed by atoms with Crippen molar-refractivity contribution >= 4 is 51.9 Å². The summed E-state index contributed by atoms with van der Waals surface area (Å²) >= 11 is 0. The van der Waals surface area contributed by atoms with Crippen molar-refractivity contribution in [3.63, 3.8) is 0 Å². The molecule has 0 amide bonds. The van der Waals surface area contributed by atoms with E-state index in [1.54, 1.807) is 30.5 Å². The van der Waals surface area contributed by atoms with Crippen LogP contribution in [0.5, 0.6) is 0 Å². The van der Waals surface area contributed by atoms with Crippen LogP contribution in [0.2, 0.25) is 0 Å². The summed E-state index contributed by atoms with van der Waals surface area (Å²) in [5.74, 6) is -0.929. The second kappa shape index (κ2) is 7.32. The zero-order valence-corrected chi connectivity index (χ0v) is 14.7. The Labute approximate surface area is 149 Å². The molecule has 0 atom stereocenters. The Hall–Kier alpha value is -2.28. The molecular weight excluding hydrogens is 407 g/mol. The van der Waals surface area contributed by atoms with Crippen LogP contribution in [-0.4, -0.2) is 11.1 Å². The monoisotopic (exact) mass is 422 g/mol. The maximum absolute atomic E-state index is 10.7. The summed E-state index contributed by atoms with van der Waals surface area (Å²) in [5, 5.41) is 10.6. The highest BCUT2D eigenvalue weighted by molar-refractivity contribution is 14.0. The Morgan fingerprint density at radius 3 is 2.04 bits per heavy atom. The van der Waals surface area contributed by atoms with Gasteiger partial charge in [-0.05, 0) is 42.8 Å². The van der Waals surface area contributed by atoms with Gasteiger partial charge in [-0.1, -0.05) is 18.2 Å². The highest BCUT2D eigenvalue weighted by atomic mass is 127. The molecule has 2 aromatic heterocycles. The van der Waals surface area contributed by atoms with Gasteiger partial charge in [0.05, 0.1) is 18.1 Å². The number of aryl methyl sites for hydroxylation is 1. The van der Waals surface area contributed by atoms with E-state index in [2.05, 4.69) is 13.0 Å². The van der Waals surface area contributed by atoms with Crippen LogP contribution in [0.15, 0.2) is 69.9 Å². The molecule has 2 heterocycles. The highest BCUT2D eigenvalue weighted by Crippen LogP contribution is 2.19. The van der Waals surface area contributed by atoms with E-state index in [0.717, 1.165) is 5.58 Å².